The second kappa shape index (κ2) is 10.1. The monoisotopic (exact) mass is 449 g/mol. The molecule has 2 aromatic rings. The third-order valence-electron chi connectivity index (χ3n) is 5.97. The van der Waals surface area contributed by atoms with Crippen LogP contribution in [0.4, 0.5) is 16.3 Å². The van der Waals surface area contributed by atoms with Gasteiger partial charge in [0, 0.05) is 37.4 Å². The lowest BCUT2D eigenvalue weighted by atomic mass is 9.99. The average Bonchev–Trinajstić information content (AvgIpc) is 3.67. The minimum Gasteiger partial charge on any atom is -0.373 e. The van der Waals surface area contributed by atoms with Gasteiger partial charge in [0.05, 0.1) is 12.7 Å². The molecule has 2 heterocycles. The van der Waals surface area contributed by atoms with E-state index < -0.39 is 0 Å². The van der Waals surface area contributed by atoms with Gasteiger partial charge in [-0.2, -0.15) is 0 Å². The Morgan fingerprint density at radius 1 is 1.24 bits per heavy atom. The van der Waals surface area contributed by atoms with Gasteiger partial charge in [-0.05, 0) is 79.3 Å². The summed E-state index contributed by atoms with van der Waals surface area (Å²) in [5.41, 5.74) is 10.6. The number of rotatable bonds is 6. The number of morpholine rings is 1. The van der Waals surface area contributed by atoms with Crippen molar-refractivity contribution >= 4 is 35.1 Å². The molecule has 1 aliphatic carbocycles. The lowest BCUT2D eigenvalue weighted by Crippen LogP contribution is -2.49. The van der Waals surface area contributed by atoms with Crippen molar-refractivity contribution in [2.24, 2.45) is 11.7 Å². The van der Waals surface area contributed by atoms with Crippen molar-refractivity contribution in [1.82, 2.24) is 9.88 Å². The lowest BCUT2D eigenvalue weighted by molar-refractivity contribution is -0.117. The zero-order valence-corrected chi connectivity index (χ0v) is 19.1. The van der Waals surface area contributed by atoms with Crippen LogP contribution in [0.5, 0.6) is 0 Å². The summed E-state index contributed by atoms with van der Waals surface area (Å²) in [5.74, 6) is 0.768. The molecule has 2 fully saturated rings. The number of pyridine rings is 1. The zero-order valence-electron chi connectivity index (χ0n) is 19.1. The first-order valence-corrected chi connectivity index (χ1v) is 11.4. The fraction of sp³-hybridized carbons (Fsp3) is 0.400. The predicted molar refractivity (Wildman–Crippen MR) is 130 cm³/mol. The van der Waals surface area contributed by atoms with Crippen LogP contribution in [0.25, 0.3) is 11.6 Å². The molecule has 1 aliphatic heterocycles. The second-order valence-electron chi connectivity index (χ2n) is 8.70. The fourth-order valence-electron chi connectivity index (χ4n) is 3.84. The largest absolute Gasteiger partial charge is 0.373 e. The maximum atomic E-state index is 12.7. The number of nitrogens with two attached hydrogens (primary N) is 1. The first-order chi connectivity index (χ1) is 15.9. The molecule has 1 saturated heterocycles. The number of urea groups is 1. The summed E-state index contributed by atoms with van der Waals surface area (Å²) < 4.78 is 5.54. The van der Waals surface area contributed by atoms with Gasteiger partial charge in [0.2, 0.25) is 5.91 Å². The summed E-state index contributed by atoms with van der Waals surface area (Å²) in [6.45, 7) is 6.00. The summed E-state index contributed by atoms with van der Waals surface area (Å²) in [6.07, 6.45) is 5.60. The molecule has 0 radical (unpaired) electrons. The SMILES string of the molecule is C/C(=C\c1ccc(NC(=O)C2CC2)nc1)c1cc(NC(=O)N2CCOC(CN)C2)ccc1C. The van der Waals surface area contributed by atoms with E-state index in [4.69, 9.17) is 10.5 Å². The number of carbonyl (C=O) groups is 2. The van der Waals surface area contributed by atoms with Crippen molar-refractivity contribution in [3.8, 4) is 0 Å². The highest BCUT2D eigenvalue weighted by Gasteiger charge is 2.29. The Morgan fingerprint density at radius 2 is 2.06 bits per heavy atom. The number of allylic oxidation sites excluding steroid dienone is 1. The summed E-state index contributed by atoms with van der Waals surface area (Å²) in [7, 11) is 0. The van der Waals surface area contributed by atoms with Crippen LogP contribution >= 0.6 is 0 Å². The highest BCUT2D eigenvalue weighted by Crippen LogP contribution is 2.30. The van der Waals surface area contributed by atoms with Gasteiger partial charge < -0.3 is 26.0 Å². The highest BCUT2D eigenvalue weighted by molar-refractivity contribution is 5.93. The van der Waals surface area contributed by atoms with Gasteiger partial charge in [0.1, 0.15) is 5.82 Å². The van der Waals surface area contributed by atoms with E-state index in [0.717, 1.165) is 40.8 Å². The van der Waals surface area contributed by atoms with E-state index in [0.29, 0.717) is 32.1 Å². The number of benzene rings is 1. The van der Waals surface area contributed by atoms with E-state index in [1.54, 1.807) is 11.1 Å². The molecule has 4 rings (SSSR count). The quantitative estimate of drug-likeness (QED) is 0.625. The normalized spacial score (nSPS) is 18.7. The van der Waals surface area contributed by atoms with Crippen LogP contribution in [0.3, 0.4) is 0 Å². The van der Waals surface area contributed by atoms with Gasteiger partial charge >= 0.3 is 6.03 Å². The Balaban J connectivity index is 1.43. The molecule has 0 bridgehead atoms. The van der Waals surface area contributed by atoms with Crippen LogP contribution in [0.1, 0.15) is 36.5 Å². The van der Waals surface area contributed by atoms with Gasteiger partial charge in [-0.15, -0.1) is 0 Å². The van der Waals surface area contributed by atoms with Crippen LogP contribution in [0.15, 0.2) is 36.5 Å². The third kappa shape index (κ3) is 5.97. The number of nitrogens with one attached hydrogen (secondary N) is 2. The smallest absolute Gasteiger partial charge is 0.322 e. The zero-order chi connectivity index (χ0) is 23.4. The van der Waals surface area contributed by atoms with E-state index in [1.165, 1.54) is 0 Å². The maximum Gasteiger partial charge on any atom is 0.322 e. The van der Waals surface area contributed by atoms with Gasteiger partial charge in [0.15, 0.2) is 0 Å². The molecule has 8 nitrogen and oxygen atoms in total. The number of aromatic nitrogens is 1. The molecular formula is C25H31N5O3. The van der Waals surface area contributed by atoms with Crippen LogP contribution < -0.4 is 16.4 Å². The molecule has 1 aromatic carbocycles. The number of hydrogen-bond donors (Lipinski definition) is 3. The van der Waals surface area contributed by atoms with Crippen LogP contribution in [0, 0.1) is 12.8 Å². The van der Waals surface area contributed by atoms with Crippen LogP contribution in [0.2, 0.25) is 0 Å². The highest BCUT2D eigenvalue weighted by atomic mass is 16.5. The maximum absolute atomic E-state index is 12.7. The second-order valence-corrected chi connectivity index (χ2v) is 8.70. The van der Waals surface area contributed by atoms with Crippen molar-refractivity contribution in [1.29, 1.82) is 0 Å². The van der Waals surface area contributed by atoms with Crippen LogP contribution in [-0.2, 0) is 9.53 Å². The first kappa shape index (κ1) is 22.9. The number of anilines is 2. The van der Waals surface area contributed by atoms with Gasteiger partial charge in [-0.3, -0.25) is 4.79 Å². The number of nitrogens with zero attached hydrogens (tertiary/aromatic N) is 2. The van der Waals surface area contributed by atoms with E-state index in [2.05, 4.69) is 15.6 Å². The Bertz CT molecular complexity index is 1050. The van der Waals surface area contributed by atoms with E-state index >= 15 is 0 Å². The number of aryl methyl sites for hydroxylation is 1. The Labute approximate surface area is 194 Å². The molecule has 1 unspecified atom stereocenters. The Morgan fingerprint density at radius 3 is 2.76 bits per heavy atom. The van der Waals surface area contributed by atoms with Crippen molar-refractivity contribution in [3.05, 3.63) is 53.2 Å². The number of ether oxygens (including phenoxy) is 1. The summed E-state index contributed by atoms with van der Waals surface area (Å²) in [4.78, 5) is 30.7. The lowest BCUT2D eigenvalue weighted by Gasteiger charge is -2.32. The van der Waals surface area contributed by atoms with Crippen molar-refractivity contribution in [2.75, 3.05) is 36.9 Å². The standard InChI is InChI=1S/C25H31N5O3/c1-16-3-7-20(28-25(32)30-9-10-33-21(13-26)15-30)12-22(16)17(2)11-18-4-8-23(27-14-18)29-24(31)19-5-6-19/h3-4,7-8,11-12,14,19,21H,5-6,9-10,13,15,26H2,1-2H3,(H,28,32)(H,27,29,31)/b17-11+. The van der Waals surface area contributed by atoms with E-state index in [-0.39, 0.29) is 24.0 Å². The van der Waals surface area contributed by atoms with E-state index in [1.807, 2.05) is 50.3 Å². The average molecular weight is 450 g/mol. The molecule has 1 saturated carbocycles. The minimum atomic E-state index is -0.152. The third-order valence-corrected chi connectivity index (χ3v) is 5.97. The van der Waals surface area contributed by atoms with Gasteiger partial charge in [-0.25, -0.2) is 9.78 Å². The molecular weight excluding hydrogens is 418 g/mol. The summed E-state index contributed by atoms with van der Waals surface area (Å²) in [5, 5.41) is 5.85. The fourth-order valence-corrected chi connectivity index (χ4v) is 3.84. The molecule has 0 spiro atoms. The predicted octanol–water partition coefficient (Wildman–Crippen LogP) is 3.49. The molecule has 1 aromatic heterocycles. The van der Waals surface area contributed by atoms with Crippen LogP contribution in [-0.4, -0.2) is 54.2 Å². The van der Waals surface area contributed by atoms with Crippen molar-refractivity contribution in [2.45, 2.75) is 32.8 Å². The summed E-state index contributed by atoms with van der Waals surface area (Å²) >= 11 is 0. The molecule has 4 N–H and O–H groups in total. The first-order valence-electron chi connectivity index (χ1n) is 11.4. The molecule has 33 heavy (non-hydrogen) atoms. The van der Waals surface area contributed by atoms with E-state index in [9.17, 15) is 9.59 Å². The summed E-state index contributed by atoms with van der Waals surface area (Å²) in [6, 6.07) is 9.49. The minimum absolute atomic E-state index is 0.0482. The Kier molecular flexibility index (Phi) is 7.05. The molecule has 174 valence electrons. The van der Waals surface area contributed by atoms with Crippen molar-refractivity contribution < 1.29 is 14.3 Å². The van der Waals surface area contributed by atoms with Crippen molar-refractivity contribution in [3.63, 3.8) is 0 Å². The molecule has 8 heteroatoms. The van der Waals surface area contributed by atoms with Gasteiger partial charge in [0.25, 0.3) is 0 Å². The Hall–Kier alpha value is -3.23. The molecule has 3 amide bonds. The molecule has 2 aliphatic rings. The number of hydrogen-bond acceptors (Lipinski definition) is 5. The number of amides is 3. The number of carbonyl (C=O) groups excluding carboxylic acids is 2. The topological polar surface area (TPSA) is 110 Å². The molecule has 1 atom stereocenters. The van der Waals surface area contributed by atoms with Gasteiger partial charge in [-0.1, -0.05) is 6.07 Å².